The number of carbonyl (C=O) groups is 1. The third-order valence-corrected chi connectivity index (χ3v) is 4.62. The van der Waals surface area contributed by atoms with E-state index in [1.807, 2.05) is 26.0 Å². The van der Waals surface area contributed by atoms with E-state index >= 15 is 0 Å². The molecule has 1 fully saturated rings. The molecule has 1 heterocycles. The lowest BCUT2D eigenvalue weighted by Gasteiger charge is -2.21. The summed E-state index contributed by atoms with van der Waals surface area (Å²) in [5.41, 5.74) is 0.963. The lowest BCUT2D eigenvalue weighted by molar-refractivity contribution is 0.0925. The number of amides is 1. The summed E-state index contributed by atoms with van der Waals surface area (Å²) in [4.78, 5) is 12.4. The van der Waals surface area contributed by atoms with Gasteiger partial charge in [0.1, 0.15) is 17.9 Å². The second-order valence-corrected chi connectivity index (χ2v) is 6.68. The van der Waals surface area contributed by atoms with Crippen molar-refractivity contribution in [3.05, 3.63) is 41.5 Å². The number of nitrogens with zero attached hydrogens (tertiary/aromatic N) is 1. The van der Waals surface area contributed by atoms with Gasteiger partial charge in [0.05, 0.1) is 6.07 Å². The van der Waals surface area contributed by atoms with E-state index in [1.165, 1.54) is 5.57 Å². The van der Waals surface area contributed by atoms with Gasteiger partial charge < -0.3 is 10.1 Å². The number of ether oxygens (including phenoxy) is 1. The maximum atomic E-state index is 12.4. The van der Waals surface area contributed by atoms with Crippen LogP contribution in [0.25, 0.3) is 0 Å². The number of rotatable bonds is 5. The Kier molecular flexibility index (Phi) is 5.51. The molecular weight excluding hydrogens is 296 g/mol. The molecule has 0 bridgehead atoms. The molecule has 1 saturated heterocycles. The van der Waals surface area contributed by atoms with Crippen molar-refractivity contribution < 1.29 is 9.53 Å². The van der Waals surface area contributed by atoms with Crippen LogP contribution in [0.4, 0.5) is 0 Å². The van der Waals surface area contributed by atoms with Crippen LogP contribution in [0.1, 0.15) is 30.6 Å². The first-order valence-electron chi connectivity index (χ1n) is 7.22. The highest BCUT2D eigenvalue weighted by molar-refractivity contribution is 7.99. The van der Waals surface area contributed by atoms with Crippen LogP contribution < -0.4 is 10.1 Å². The zero-order valence-corrected chi connectivity index (χ0v) is 13.7. The maximum absolute atomic E-state index is 12.4. The van der Waals surface area contributed by atoms with E-state index in [-0.39, 0.29) is 5.91 Å². The number of carbonyl (C=O) groups excluding carboxylic acids is 1. The fourth-order valence-electron chi connectivity index (χ4n) is 2.10. The highest BCUT2D eigenvalue weighted by Gasteiger charge is 2.36. The van der Waals surface area contributed by atoms with Crippen molar-refractivity contribution in [3.8, 4) is 11.8 Å². The van der Waals surface area contributed by atoms with E-state index in [4.69, 9.17) is 4.74 Å². The van der Waals surface area contributed by atoms with E-state index in [2.05, 4.69) is 11.4 Å². The molecule has 1 N–H and O–H groups in total. The normalized spacial score (nSPS) is 20.0. The minimum atomic E-state index is -0.735. The fraction of sp³-hybridized carbons (Fsp3) is 0.412. The lowest BCUT2D eigenvalue weighted by atomic mass is 10.0. The van der Waals surface area contributed by atoms with Gasteiger partial charge in [0.15, 0.2) is 0 Å². The van der Waals surface area contributed by atoms with Crippen LogP contribution in [-0.4, -0.2) is 29.6 Å². The summed E-state index contributed by atoms with van der Waals surface area (Å²) in [5, 5.41) is 12.2. The second kappa shape index (κ2) is 7.37. The summed E-state index contributed by atoms with van der Waals surface area (Å²) < 4.78 is 5.60. The summed E-state index contributed by atoms with van der Waals surface area (Å²) in [5.74, 6) is 1.97. The first kappa shape index (κ1) is 16.4. The van der Waals surface area contributed by atoms with Gasteiger partial charge in [0.25, 0.3) is 5.91 Å². The van der Waals surface area contributed by atoms with Crippen LogP contribution in [0, 0.1) is 11.3 Å². The summed E-state index contributed by atoms with van der Waals surface area (Å²) in [6, 6.07) is 9.30. The van der Waals surface area contributed by atoms with Gasteiger partial charge in [-0.3, -0.25) is 4.79 Å². The van der Waals surface area contributed by atoms with Gasteiger partial charge >= 0.3 is 0 Å². The number of thioether (sulfide) groups is 1. The Morgan fingerprint density at radius 1 is 1.55 bits per heavy atom. The third kappa shape index (κ3) is 4.28. The molecule has 116 valence electrons. The van der Waals surface area contributed by atoms with Crippen LogP contribution in [0.2, 0.25) is 0 Å². The predicted octanol–water partition coefficient (Wildman–Crippen LogP) is 3.16. The van der Waals surface area contributed by atoms with Gasteiger partial charge in [-0.25, -0.2) is 0 Å². The predicted molar refractivity (Wildman–Crippen MR) is 89.1 cm³/mol. The average Bonchev–Trinajstić information content (AvgIpc) is 2.96. The Balaban J connectivity index is 2.04. The number of nitrogens with one attached hydrogen (secondary N) is 1. The molecule has 22 heavy (non-hydrogen) atoms. The quantitative estimate of drug-likeness (QED) is 0.848. The molecule has 5 heteroatoms. The van der Waals surface area contributed by atoms with Crippen LogP contribution in [0.15, 0.2) is 35.9 Å². The van der Waals surface area contributed by atoms with Crippen LogP contribution >= 0.6 is 11.8 Å². The zero-order valence-electron chi connectivity index (χ0n) is 12.9. The van der Waals surface area contributed by atoms with Gasteiger partial charge in [-0.15, -0.1) is 0 Å². The van der Waals surface area contributed by atoms with E-state index < -0.39 is 5.54 Å². The Morgan fingerprint density at radius 3 is 3.00 bits per heavy atom. The Morgan fingerprint density at radius 2 is 2.36 bits per heavy atom. The first-order valence-corrected chi connectivity index (χ1v) is 8.38. The molecule has 1 aromatic carbocycles. The summed E-state index contributed by atoms with van der Waals surface area (Å²) in [6.07, 6.45) is 2.67. The highest BCUT2D eigenvalue weighted by atomic mass is 32.2. The van der Waals surface area contributed by atoms with Crippen molar-refractivity contribution in [2.75, 3.05) is 18.1 Å². The molecule has 1 aromatic rings. The van der Waals surface area contributed by atoms with E-state index in [0.717, 1.165) is 5.75 Å². The molecule has 4 nitrogen and oxygen atoms in total. The molecule has 0 spiro atoms. The standard InChI is InChI=1S/C17H20N2O2S/c1-13(2)6-8-21-15-5-3-4-14(10-15)16(20)19-17(11-18)7-9-22-12-17/h3-6,10H,7-9,12H2,1-2H3,(H,19,20)/t17-/m0/s1. The molecule has 0 aliphatic carbocycles. The molecule has 2 rings (SSSR count). The van der Waals surface area contributed by atoms with Gasteiger partial charge in [-0.1, -0.05) is 11.6 Å². The molecule has 0 aromatic heterocycles. The fourth-order valence-corrected chi connectivity index (χ4v) is 3.37. The van der Waals surface area contributed by atoms with Gasteiger partial charge in [0.2, 0.25) is 0 Å². The molecule has 0 unspecified atom stereocenters. The number of benzene rings is 1. The number of hydrogen-bond acceptors (Lipinski definition) is 4. The number of hydrogen-bond donors (Lipinski definition) is 1. The lowest BCUT2D eigenvalue weighted by Crippen LogP contribution is -2.47. The van der Waals surface area contributed by atoms with E-state index in [9.17, 15) is 10.1 Å². The van der Waals surface area contributed by atoms with Crippen LogP contribution in [0.5, 0.6) is 5.75 Å². The highest BCUT2D eigenvalue weighted by Crippen LogP contribution is 2.27. The van der Waals surface area contributed by atoms with Crippen molar-refractivity contribution in [1.29, 1.82) is 5.26 Å². The van der Waals surface area contributed by atoms with Gasteiger partial charge in [0, 0.05) is 11.3 Å². The molecule has 1 aliphatic rings. The largest absolute Gasteiger partial charge is 0.490 e. The monoisotopic (exact) mass is 316 g/mol. The Labute approximate surface area is 135 Å². The topological polar surface area (TPSA) is 62.1 Å². The van der Waals surface area contributed by atoms with E-state index in [1.54, 1.807) is 30.0 Å². The Bertz CT molecular complexity index is 609. The molecule has 0 radical (unpaired) electrons. The summed E-state index contributed by atoms with van der Waals surface area (Å²) in [7, 11) is 0. The molecule has 1 amide bonds. The Hall–Kier alpha value is -1.93. The zero-order chi connectivity index (χ0) is 16.0. The average molecular weight is 316 g/mol. The van der Waals surface area contributed by atoms with Gasteiger partial charge in [-0.05, 0) is 50.3 Å². The molecule has 1 aliphatic heterocycles. The van der Waals surface area contributed by atoms with Crippen molar-refractivity contribution in [2.24, 2.45) is 0 Å². The van der Waals surface area contributed by atoms with Gasteiger partial charge in [-0.2, -0.15) is 17.0 Å². The first-order chi connectivity index (χ1) is 10.5. The second-order valence-electron chi connectivity index (χ2n) is 5.57. The third-order valence-electron chi connectivity index (χ3n) is 3.43. The van der Waals surface area contributed by atoms with E-state index in [0.29, 0.717) is 30.1 Å². The smallest absolute Gasteiger partial charge is 0.252 e. The van der Waals surface area contributed by atoms with Crippen LogP contribution in [-0.2, 0) is 0 Å². The minimum Gasteiger partial charge on any atom is -0.490 e. The van der Waals surface area contributed by atoms with Crippen molar-refractivity contribution in [2.45, 2.75) is 25.8 Å². The maximum Gasteiger partial charge on any atom is 0.252 e. The molecule has 1 atom stereocenters. The van der Waals surface area contributed by atoms with Crippen molar-refractivity contribution >= 4 is 17.7 Å². The van der Waals surface area contributed by atoms with Crippen LogP contribution in [0.3, 0.4) is 0 Å². The number of nitriles is 1. The summed E-state index contributed by atoms with van der Waals surface area (Å²) >= 11 is 1.69. The minimum absolute atomic E-state index is 0.225. The number of allylic oxidation sites excluding steroid dienone is 1. The molecule has 0 saturated carbocycles. The SMILES string of the molecule is CC(C)=CCOc1cccc(C(=O)N[C@]2(C#N)CCSC2)c1. The van der Waals surface area contributed by atoms with Crippen molar-refractivity contribution in [1.82, 2.24) is 5.32 Å². The molecular formula is C17H20N2O2S. The summed E-state index contributed by atoms with van der Waals surface area (Å²) in [6.45, 7) is 4.49. The van der Waals surface area contributed by atoms with Crippen molar-refractivity contribution in [3.63, 3.8) is 0 Å².